The standard InChI is InChI=1S/C23H25N3O2S2/c1-3-13-26(23-25-18-10-6-8-12-20(18)30-23)21(27)14-16-15-29-22(24-16)17-9-5-7-11-19(17)28-4-2/h3,5,7,9,11,15H,1,4,6,8,10,12-14H2,2H3. The summed E-state index contributed by atoms with van der Waals surface area (Å²) in [4.78, 5) is 25.6. The number of para-hydroxylation sites is 1. The third kappa shape index (κ3) is 4.47. The summed E-state index contributed by atoms with van der Waals surface area (Å²) >= 11 is 3.18. The fourth-order valence-corrected chi connectivity index (χ4v) is 5.58. The third-order valence-electron chi connectivity index (χ3n) is 4.98. The van der Waals surface area contributed by atoms with Crippen LogP contribution in [-0.2, 0) is 24.1 Å². The smallest absolute Gasteiger partial charge is 0.235 e. The fourth-order valence-electron chi connectivity index (χ4n) is 3.56. The van der Waals surface area contributed by atoms with Crippen LogP contribution in [0.2, 0.25) is 0 Å². The lowest BCUT2D eigenvalue weighted by atomic mass is 10.0. The predicted molar refractivity (Wildman–Crippen MR) is 124 cm³/mol. The van der Waals surface area contributed by atoms with E-state index in [-0.39, 0.29) is 12.3 Å². The molecule has 30 heavy (non-hydrogen) atoms. The van der Waals surface area contributed by atoms with E-state index in [1.165, 1.54) is 29.1 Å². The van der Waals surface area contributed by atoms with Gasteiger partial charge in [-0.2, -0.15) is 0 Å². The first kappa shape index (κ1) is 20.8. The van der Waals surface area contributed by atoms with Gasteiger partial charge in [-0.3, -0.25) is 9.69 Å². The third-order valence-corrected chi connectivity index (χ3v) is 7.08. The first-order valence-corrected chi connectivity index (χ1v) is 12.0. The van der Waals surface area contributed by atoms with E-state index in [1.54, 1.807) is 22.3 Å². The molecule has 0 spiro atoms. The molecule has 2 heterocycles. The number of benzene rings is 1. The van der Waals surface area contributed by atoms with E-state index in [2.05, 4.69) is 6.58 Å². The number of aryl methyl sites for hydroxylation is 2. The number of amides is 1. The van der Waals surface area contributed by atoms with E-state index in [4.69, 9.17) is 14.7 Å². The molecule has 0 saturated heterocycles. The molecule has 7 heteroatoms. The van der Waals surface area contributed by atoms with Gasteiger partial charge in [0, 0.05) is 16.8 Å². The number of carbonyl (C=O) groups excluding carboxylic acids is 1. The summed E-state index contributed by atoms with van der Waals surface area (Å²) in [6.07, 6.45) is 6.45. The second kappa shape index (κ2) is 9.53. The quantitative estimate of drug-likeness (QED) is 0.447. The van der Waals surface area contributed by atoms with Gasteiger partial charge in [-0.05, 0) is 44.7 Å². The van der Waals surface area contributed by atoms with Crippen molar-refractivity contribution < 1.29 is 9.53 Å². The molecule has 0 N–H and O–H groups in total. The van der Waals surface area contributed by atoms with Gasteiger partial charge in [-0.25, -0.2) is 9.97 Å². The molecular weight excluding hydrogens is 414 g/mol. The summed E-state index contributed by atoms with van der Waals surface area (Å²) in [5.41, 5.74) is 2.88. The monoisotopic (exact) mass is 439 g/mol. The highest BCUT2D eigenvalue weighted by Gasteiger charge is 2.23. The first-order chi connectivity index (χ1) is 14.7. The second-order valence-electron chi connectivity index (χ2n) is 7.12. The Kier molecular flexibility index (Phi) is 6.59. The Hall–Kier alpha value is -2.51. The number of nitrogens with zero attached hydrogens (tertiary/aromatic N) is 3. The van der Waals surface area contributed by atoms with Gasteiger partial charge in [0.05, 0.1) is 30.0 Å². The molecule has 5 nitrogen and oxygen atoms in total. The largest absolute Gasteiger partial charge is 0.493 e. The van der Waals surface area contributed by atoms with E-state index >= 15 is 0 Å². The molecule has 156 valence electrons. The number of anilines is 1. The van der Waals surface area contributed by atoms with Crippen LogP contribution in [0.4, 0.5) is 5.13 Å². The molecule has 0 fully saturated rings. The van der Waals surface area contributed by atoms with Crippen molar-refractivity contribution in [1.29, 1.82) is 0 Å². The Bertz CT molecular complexity index is 1020. The van der Waals surface area contributed by atoms with Crippen LogP contribution in [0.5, 0.6) is 5.75 Å². The number of rotatable bonds is 8. The maximum atomic E-state index is 13.1. The van der Waals surface area contributed by atoms with Crippen LogP contribution < -0.4 is 9.64 Å². The van der Waals surface area contributed by atoms with Gasteiger partial charge < -0.3 is 4.74 Å². The SMILES string of the molecule is C=CCN(C(=O)Cc1csc(-c2ccccc2OCC)n1)c1nc2c(s1)CCCC2. The highest BCUT2D eigenvalue weighted by atomic mass is 32.1. The maximum absolute atomic E-state index is 13.1. The van der Waals surface area contributed by atoms with Crippen LogP contribution in [0.1, 0.15) is 36.0 Å². The van der Waals surface area contributed by atoms with E-state index in [1.807, 2.05) is 36.6 Å². The van der Waals surface area contributed by atoms with Gasteiger partial charge in [0.15, 0.2) is 5.13 Å². The molecule has 3 aromatic rings. The molecule has 1 aromatic carbocycles. The molecular formula is C23H25N3O2S2. The zero-order valence-electron chi connectivity index (χ0n) is 17.1. The molecule has 4 rings (SSSR count). The van der Waals surface area contributed by atoms with Crippen LogP contribution in [0.15, 0.2) is 42.3 Å². The molecule has 1 amide bonds. The average Bonchev–Trinajstić information content (AvgIpc) is 3.39. The Morgan fingerprint density at radius 2 is 2.10 bits per heavy atom. The molecule has 0 saturated carbocycles. The van der Waals surface area contributed by atoms with Crippen molar-refractivity contribution in [2.24, 2.45) is 0 Å². The normalized spacial score (nSPS) is 13.0. The molecule has 2 aromatic heterocycles. The van der Waals surface area contributed by atoms with Crippen LogP contribution in [0.25, 0.3) is 10.6 Å². The van der Waals surface area contributed by atoms with E-state index in [0.29, 0.717) is 13.2 Å². The second-order valence-corrected chi connectivity index (χ2v) is 9.04. The lowest BCUT2D eigenvalue weighted by Gasteiger charge is -2.17. The molecule has 1 aliphatic rings. The van der Waals surface area contributed by atoms with Gasteiger partial charge >= 0.3 is 0 Å². The Morgan fingerprint density at radius 3 is 2.90 bits per heavy atom. The minimum absolute atomic E-state index is 0.00376. The summed E-state index contributed by atoms with van der Waals surface area (Å²) < 4.78 is 5.72. The number of fused-ring (bicyclic) bond motifs is 1. The molecule has 0 unspecified atom stereocenters. The molecule has 0 bridgehead atoms. The van der Waals surface area contributed by atoms with E-state index < -0.39 is 0 Å². The van der Waals surface area contributed by atoms with Gasteiger partial charge in [-0.1, -0.05) is 18.2 Å². The van der Waals surface area contributed by atoms with Crippen molar-refractivity contribution in [2.45, 2.75) is 39.0 Å². The van der Waals surface area contributed by atoms with Crippen molar-refractivity contribution >= 4 is 33.7 Å². The Morgan fingerprint density at radius 1 is 1.27 bits per heavy atom. The first-order valence-electron chi connectivity index (χ1n) is 10.3. The van der Waals surface area contributed by atoms with Crippen LogP contribution >= 0.6 is 22.7 Å². The van der Waals surface area contributed by atoms with Gasteiger partial charge in [0.1, 0.15) is 10.8 Å². The van der Waals surface area contributed by atoms with Crippen molar-refractivity contribution in [1.82, 2.24) is 9.97 Å². The van der Waals surface area contributed by atoms with Crippen LogP contribution in [0.3, 0.4) is 0 Å². The zero-order valence-corrected chi connectivity index (χ0v) is 18.7. The van der Waals surface area contributed by atoms with Crippen molar-refractivity contribution in [2.75, 3.05) is 18.1 Å². The minimum Gasteiger partial charge on any atom is -0.493 e. The van der Waals surface area contributed by atoms with Crippen LogP contribution in [0, 0.1) is 0 Å². The molecule has 1 aliphatic carbocycles. The fraction of sp³-hybridized carbons (Fsp3) is 0.348. The molecule has 0 aliphatic heterocycles. The Labute approximate surface area is 185 Å². The summed E-state index contributed by atoms with van der Waals surface area (Å²) in [6.45, 7) is 6.84. The lowest BCUT2D eigenvalue weighted by molar-refractivity contribution is -0.117. The van der Waals surface area contributed by atoms with Gasteiger partial charge in [0.2, 0.25) is 5.91 Å². The number of aromatic nitrogens is 2. The number of hydrogen-bond donors (Lipinski definition) is 0. The predicted octanol–water partition coefficient (Wildman–Crippen LogP) is 5.31. The molecule has 0 radical (unpaired) electrons. The van der Waals surface area contributed by atoms with Crippen LogP contribution in [-0.4, -0.2) is 29.0 Å². The van der Waals surface area contributed by atoms with E-state index in [9.17, 15) is 4.79 Å². The van der Waals surface area contributed by atoms with E-state index in [0.717, 1.165) is 45.7 Å². The summed E-state index contributed by atoms with van der Waals surface area (Å²) in [6, 6.07) is 7.87. The minimum atomic E-state index is -0.00376. The van der Waals surface area contributed by atoms with Crippen molar-refractivity contribution in [3.63, 3.8) is 0 Å². The average molecular weight is 440 g/mol. The van der Waals surface area contributed by atoms with Crippen molar-refractivity contribution in [3.8, 4) is 16.3 Å². The summed E-state index contributed by atoms with van der Waals surface area (Å²) in [7, 11) is 0. The number of ether oxygens (including phenoxy) is 1. The maximum Gasteiger partial charge on any atom is 0.235 e. The summed E-state index contributed by atoms with van der Waals surface area (Å²) in [5.74, 6) is 0.810. The zero-order chi connectivity index (χ0) is 20.9. The van der Waals surface area contributed by atoms with Gasteiger partial charge in [-0.15, -0.1) is 29.3 Å². The number of hydrogen-bond acceptors (Lipinski definition) is 6. The topological polar surface area (TPSA) is 55.3 Å². The number of thiazole rings is 2. The summed E-state index contributed by atoms with van der Waals surface area (Å²) in [5, 5.41) is 3.60. The number of carbonyl (C=O) groups is 1. The lowest BCUT2D eigenvalue weighted by Crippen LogP contribution is -2.32. The Balaban J connectivity index is 1.53. The highest BCUT2D eigenvalue weighted by Crippen LogP contribution is 2.34. The van der Waals surface area contributed by atoms with Gasteiger partial charge in [0.25, 0.3) is 0 Å². The molecule has 0 atom stereocenters. The highest BCUT2D eigenvalue weighted by molar-refractivity contribution is 7.16. The van der Waals surface area contributed by atoms with Crippen molar-refractivity contribution in [3.05, 3.63) is 58.6 Å².